The van der Waals surface area contributed by atoms with E-state index in [1.165, 1.54) is 0 Å². The molecule has 4 heteroatoms. The fraction of sp³-hybridized carbons (Fsp3) is 0.857. The lowest BCUT2D eigenvalue weighted by molar-refractivity contribution is -0.0692. The zero-order chi connectivity index (χ0) is 14.0. The summed E-state index contributed by atoms with van der Waals surface area (Å²) in [5.74, 6) is 0. The van der Waals surface area contributed by atoms with Crippen LogP contribution in [0, 0.1) is 5.41 Å². The van der Waals surface area contributed by atoms with E-state index >= 15 is 0 Å². The SMILES string of the molecule is CC1C=CC(C)(CO[C@H](C)[C@H](N)C(C)(C)O)CO1. The van der Waals surface area contributed by atoms with Gasteiger partial charge < -0.3 is 20.3 Å². The first-order valence-corrected chi connectivity index (χ1v) is 6.54. The van der Waals surface area contributed by atoms with Crippen LogP contribution in [0.5, 0.6) is 0 Å². The average molecular weight is 257 g/mol. The Morgan fingerprint density at radius 1 is 1.61 bits per heavy atom. The van der Waals surface area contributed by atoms with Crippen LogP contribution < -0.4 is 5.73 Å². The monoisotopic (exact) mass is 257 g/mol. The van der Waals surface area contributed by atoms with Gasteiger partial charge in [-0.1, -0.05) is 19.1 Å². The van der Waals surface area contributed by atoms with E-state index in [0.717, 1.165) is 0 Å². The molecular formula is C14H27NO3. The Kier molecular flexibility index (Phi) is 4.95. The Labute approximate surface area is 110 Å². The predicted molar refractivity (Wildman–Crippen MR) is 72.3 cm³/mol. The van der Waals surface area contributed by atoms with Crippen LogP contribution in [0.25, 0.3) is 0 Å². The minimum atomic E-state index is -0.937. The maximum atomic E-state index is 9.85. The van der Waals surface area contributed by atoms with Gasteiger partial charge in [0.25, 0.3) is 0 Å². The molecule has 0 aromatic carbocycles. The molecule has 4 nitrogen and oxygen atoms in total. The van der Waals surface area contributed by atoms with Crippen molar-refractivity contribution in [2.24, 2.45) is 11.1 Å². The first-order valence-electron chi connectivity index (χ1n) is 6.54. The van der Waals surface area contributed by atoms with Crippen molar-refractivity contribution in [3.63, 3.8) is 0 Å². The van der Waals surface area contributed by atoms with E-state index in [2.05, 4.69) is 13.0 Å². The van der Waals surface area contributed by atoms with Crippen LogP contribution >= 0.6 is 0 Å². The van der Waals surface area contributed by atoms with Crippen LogP contribution in [0.2, 0.25) is 0 Å². The molecule has 0 spiro atoms. The minimum absolute atomic E-state index is 0.111. The summed E-state index contributed by atoms with van der Waals surface area (Å²) in [6, 6.07) is -0.409. The first kappa shape index (κ1) is 15.6. The van der Waals surface area contributed by atoms with E-state index in [9.17, 15) is 5.11 Å². The summed E-state index contributed by atoms with van der Waals surface area (Å²) < 4.78 is 11.4. The fourth-order valence-electron chi connectivity index (χ4n) is 1.88. The first-order chi connectivity index (χ1) is 8.14. The van der Waals surface area contributed by atoms with E-state index in [1.807, 2.05) is 19.9 Å². The standard InChI is InChI=1S/C14H27NO3/c1-10-6-7-14(5,8-17-10)9-18-11(2)12(15)13(3,4)16/h6-7,10-12,16H,8-9,15H2,1-5H3/t10?,11-,12+,14?/m1/s1. The van der Waals surface area contributed by atoms with E-state index < -0.39 is 11.6 Å². The molecule has 1 rings (SSSR count). The summed E-state index contributed by atoms with van der Waals surface area (Å²) in [4.78, 5) is 0. The van der Waals surface area contributed by atoms with E-state index in [4.69, 9.17) is 15.2 Å². The number of ether oxygens (including phenoxy) is 2. The molecule has 0 saturated carbocycles. The third-order valence-corrected chi connectivity index (χ3v) is 3.44. The van der Waals surface area contributed by atoms with Crippen LogP contribution in [0.15, 0.2) is 12.2 Å². The van der Waals surface area contributed by atoms with Crippen LogP contribution in [0.4, 0.5) is 0 Å². The van der Waals surface area contributed by atoms with Crippen molar-refractivity contribution in [2.45, 2.75) is 58.5 Å². The van der Waals surface area contributed by atoms with Crippen LogP contribution in [0.3, 0.4) is 0 Å². The quantitative estimate of drug-likeness (QED) is 0.732. The molecule has 1 heterocycles. The van der Waals surface area contributed by atoms with Crippen LogP contribution in [-0.2, 0) is 9.47 Å². The van der Waals surface area contributed by atoms with Crippen LogP contribution in [0.1, 0.15) is 34.6 Å². The summed E-state index contributed by atoms with van der Waals surface area (Å²) in [6.07, 6.45) is 4.17. The molecular weight excluding hydrogens is 230 g/mol. The van der Waals surface area contributed by atoms with Gasteiger partial charge in [0.05, 0.1) is 37.1 Å². The number of aliphatic hydroxyl groups is 1. The summed E-state index contributed by atoms with van der Waals surface area (Å²) in [6.45, 7) is 10.6. The van der Waals surface area contributed by atoms with E-state index in [1.54, 1.807) is 13.8 Å². The second-order valence-corrected chi connectivity index (χ2v) is 6.22. The van der Waals surface area contributed by atoms with Gasteiger partial charge in [-0.25, -0.2) is 0 Å². The lowest BCUT2D eigenvalue weighted by Crippen LogP contribution is -2.51. The molecule has 3 N–H and O–H groups in total. The largest absolute Gasteiger partial charge is 0.389 e. The van der Waals surface area contributed by atoms with Crippen LogP contribution in [-0.4, -0.2) is 42.2 Å². The van der Waals surface area contributed by atoms with Gasteiger partial charge in [0, 0.05) is 5.41 Å². The molecule has 106 valence electrons. The summed E-state index contributed by atoms with van der Waals surface area (Å²) in [7, 11) is 0. The predicted octanol–water partition coefficient (Wildman–Crippen LogP) is 1.47. The summed E-state index contributed by atoms with van der Waals surface area (Å²) >= 11 is 0. The van der Waals surface area contributed by atoms with Gasteiger partial charge in [-0.2, -0.15) is 0 Å². The molecule has 0 aromatic rings. The highest BCUT2D eigenvalue weighted by Crippen LogP contribution is 2.26. The number of nitrogens with two attached hydrogens (primary N) is 1. The lowest BCUT2D eigenvalue weighted by Gasteiger charge is -2.35. The average Bonchev–Trinajstić information content (AvgIpc) is 2.28. The van der Waals surface area contributed by atoms with Gasteiger partial charge in [0.1, 0.15) is 0 Å². The van der Waals surface area contributed by atoms with Crippen molar-refractivity contribution in [1.82, 2.24) is 0 Å². The van der Waals surface area contributed by atoms with Crippen molar-refractivity contribution in [3.8, 4) is 0 Å². The molecule has 0 bridgehead atoms. The third kappa shape index (κ3) is 4.35. The highest BCUT2D eigenvalue weighted by Gasteiger charge is 2.32. The molecule has 18 heavy (non-hydrogen) atoms. The Bertz CT molecular complexity index is 298. The Morgan fingerprint density at radius 3 is 2.67 bits per heavy atom. The molecule has 1 aliphatic rings. The van der Waals surface area contributed by atoms with Crippen molar-refractivity contribution in [2.75, 3.05) is 13.2 Å². The molecule has 0 aromatic heterocycles. The van der Waals surface area contributed by atoms with E-state index in [0.29, 0.717) is 13.2 Å². The van der Waals surface area contributed by atoms with Crippen molar-refractivity contribution in [1.29, 1.82) is 0 Å². The summed E-state index contributed by atoms with van der Waals surface area (Å²) in [5.41, 5.74) is 4.90. The smallest absolute Gasteiger partial charge is 0.0767 e. The molecule has 0 fully saturated rings. The second-order valence-electron chi connectivity index (χ2n) is 6.22. The highest BCUT2D eigenvalue weighted by molar-refractivity contribution is 5.04. The Balaban J connectivity index is 2.48. The Morgan fingerprint density at radius 2 is 2.22 bits per heavy atom. The molecule has 2 unspecified atom stereocenters. The third-order valence-electron chi connectivity index (χ3n) is 3.44. The van der Waals surface area contributed by atoms with Gasteiger partial charge in [-0.05, 0) is 27.7 Å². The molecule has 0 amide bonds. The second kappa shape index (κ2) is 5.70. The van der Waals surface area contributed by atoms with Gasteiger partial charge in [-0.3, -0.25) is 0 Å². The number of hydrogen-bond donors (Lipinski definition) is 2. The molecule has 0 saturated heterocycles. The number of rotatable bonds is 5. The maximum absolute atomic E-state index is 9.85. The minimum Gasteiger partial charge on any atom is -0.389 e. The van der Waals surface area contributed by atoms with Gasteiger partial charge in [0.2, 0.25) is 0 Å². The number of hydrogen-bond acceptors (Lipinski definition) is 4. The van der Waals surface area contributed by atoms with Gasteiger partial charge in [0.15, 0.2) is 0 Å². The zero-order valence-corrected chi connectivity index (χ0v) is 12.1. The van der Waals surface area contributed by atoms with Gasteiger partial charge >= 0.3 is 0 Å². The fourth-order valence-corrected chi connectivity index (χ4v) is 1.88. The van der Waals surface area contributed by atoms with Crippen molar-refractivity contribution >= 4 is 0 Å². The summed E-state index contributed by atoms with van der Waals surface area (Å²) in [5, 5.41) is 9.85. The van der Waals surface area contributed by atoms with E-state index in [-0.39, 0.29) is 17.6 Å². The normalized spacial score (nSPS) is 32.3. The highest BCUT2D eigenvalue weighted by atomic mass is 16.5. The van der Waals surface area contributed by atoms with Crippen molar-refractivity contribution < 1.29 is 14.6 Å². The topological polar surface area (TPSA) is 64.7 Å². The molecule has 0 radical (unpaired) electrons. The molecule has 1 aliphatic heterocycles. The van der Waals surface area contributed by atoms with Crippen molar-refractivity contribution in [3.05, 3.63) is 12.2 Å². The lowest BCUT2D eigenvalue weighted by atomic mass is 9.89. The molecule has 0 aliphatic carbocycles. The zero-order valence-electron chi connectivity index (χ0n) is 12.1. The molecule has 4 atom stereocenters. The maximum Gasteiger partial charge on any atom is 0.0767 e. The Hall–Kier alpha value is -0.420. The van der Waals surface area contributed by atoms with Gasteiger partial charge in [-0.15, -0.1) is 0 Å².